The van der Waals surface area contributed by atoms with Crippen LogP contribution < -0.4 is 5.46 Å². The maximum Gasteiger partial charge on any atom is 0.488 e. The second kappa shape index (κ2) is 23.1. The van der Waals surface area contributed by atoms with E-state index in [2.05, 4.69) is 195 Å². The molecule has 0 saturated carbocycles. The van der Waals surface area contributed by atoms with Gasteiger partial charge in [-0.3, -0.25) is 0 Å². The molecule has 0 radical (unpaired) electrons. The summed E-state index contributed by atoms with van der Waals surface area (Å²) in [7, 11) is -1.34. The molecule has 2 heterocycles. The third-order valence-corrected chi connectivity index (χ3v) is 12.7. The molecule has 2 aromatic heterocycles. The standard InChI is InChI=1S/C28H17ClO.C22H12ClIO.C6H7BO2.2CH3I/c29-20-15-16-22-24(17-20)21-13-7-8-14-23(21)28-26(22)25(18-9-3-1-4-10-18)27(30-28)19-11-5-2-6-12-19;23-14-10-11-16-18(12-14)15-8-4-5-9-17(15)21-20(16)19(22(24)25-21)13-6-2-1-3-7-13;8-7(9)6-4-2-1-3-5-6;2*1-2/h1-17H;1-12H;1-5,8-9H;2*1H3. The summed E-state index contributed by atoms with van der Waals surface area (Å²) < 4.78 is 13.8. The third kappa shape index (κ3) is 10.2. The molecule has 68 heavy (non-hydrogen) atoms. The van der Waals surface area contributed by atoms with E-state index < -0.39 is 7.12 Å². The molecule has 0 aliphatic rings. The Balaban J connectivity index is 0.000000148. The zero-order valence-electron chi connectivity index (χ0n) is 36.8. The van der Waals surface area contributed by atoms with Crippen molar-refractivity contribution >= 4 is 169 Å². The van der Waals surface area contributed by atoms with Crippen molar-refractivity contribution in [3.05, 3.63) is 220 Å². The highest BCUT2D eigenvalue weighted by Crippen LogP contribution is 2.48. The fraction of sp³-hybridized carbons (Fsp3) is 0.0345. The Morgan fingerprint density at radius 3 is 1.19 bits per heavy atom. The number of furan rings is 2. The minimum atomic E-state index is -1.34. The first-order valence-electron chi connectivity index (χ1n) is 21.5. The molecular formula is C58H42BCl2I3O4. The molecule has 0 unspecified atom stereocenters. The quantitative estimate of drug-likeness (QED) is 0.0798. The normalized spacial score (nSPS) is 10.7. The summed E-state index contributed by atoms with van der Waals surface area (Å²) >= 11 is 19.3. The van der Waals surface area contributed by atoms with Gasteiger partial charge in [0, 0.05) is 70.9 Å². The van der Waals surface area contributed by atoms with Crippen LogP contribution in [-0.4, -0.2) is 27.0 Å². The zero-order valence-corrected chi connectivity index (χ0v) is 44.8. The van der Waals surface area contributed by atoms with Crippen molar-refractivity contribution in [3.8, 4) is 33.6 Å². The van der Waals surface area contributed by atoms with E-state index >= 15 is 0 Å². The van der Waals surface area contributed by atoms with Crippen molar-refractivity contribution in [2.45, 2.75) is 0 Å². The van der Waals surface area contributed by atoms with Crippen molar-refractivity contribution in [1.82, 2.24) is 0 Å². The Bertz CT molecular complexity index is 3620. The van der Waals surface area contributed by atoms with Gasteiger partial charge < -0.3 is 18.9 Å². The number of hydrogen-bond donors (Lipinski definition) is 2. The van der Waals surface area contributed by atoms with E-state index in [1.165, 1.54) is 5.39 Å². The van der Waals surface area contributed by atoms with Gasteiger partial charge in [-0.15, -0.1) is 0 Å². The van der Waals surface area contributed by atoms with Crippen LogP contribution in [0.1, 0.15) is 0 Å². The maximum atomic E-state index is 8.58. The summed E-state index contributed by atoms with van der Waals surface area (Å²) in [6.07, 6.45) is 0. The van der Waals surface area contributed by atoms with Crippen LogP contribution in [0.25, 0.3) is 98.6 Å². The van der Waals surface area contributed by atoms with Gasteiger partial charge in [-0.25, -0.2) is 0 Å². The monoisotopic (exact) mass is 1260 g/mol. The summed E-state index contributed by atoms with van der Waals surface area (Å²) in [6.45, 7) is 0. The van der Waals surface area contributed by atoms with Crippen LogP contribution in [0.15, 0.2) is 215 Å². The first-order chi connectivity index (χ1) is 33.4. The van der Waals surface area contributed by atoms with Crippen LogP contribution in [0.2, 0.25) is 10.0 Å². The Hall–Kier alpha value is -4.93. The lowest BCUT2D eigenvalue weighted by Crippen LogP contribution is -2.29. The number of alkyl halides is 2. The second-order valence-electron chi connectivity index (χ2n) is 15.3. The van der Waals surface area contributed by atoms with Crippen LogP contribution in [-0.2, 0) is 0 Å². The highest BCUT2D eigenvalue weighted by molar-refractivity contribution is 14.1. The fourth-order valence-corrected chi connectivity index (χ4v) is 9.78. The fourth-order valence-electron chi connectivity index (χ4n) is 8.64. The van der Waals surface area contributed by atoms with Crippen LogP contribution in [0.3, 0.4) is 0 Å². The van der Waals surface area contributed by atoms with Crippen molar-refractivity contribution in [2.24, 2.45) is 0 Å². The maximum absolute atomic E-state index is 8.58. The Morgan fingerprint density at radius 2 is 0.750 bits per heavy atom. The van der Waals surface area contributed by atoms with Gasteiger partial charge >= 0.3 is 7.12 Å². The summed E-state index contributed by atoms with van der Waals surface area (Å²) in [4.78, 5) is 3.94. The molecule has 12 rings (SSSR count). The second-order valence-corrected chi connectivity index (χ2v) is 17.2. The summed E-state index contributed by atoms with van der Waals surface area (Å²) in [5.41, 5.74) is 8.02. The smallest absolute Gasteiger partial charge is 0.455 e. The first-order valence-corrected chi connectivity index (χ1v) is 27.6. The molecule has 0 amide bonds. The van der Waals surface area contributed by atoms with Gasteiger partial charge in [0.05, 0.1) is 0 Å². The molecule has 10 aromatic carbocycles. The van der Waals surface area contributed by atoms with Gasteiger partial charge in [0.25, 0.3) is 0 Å². The van der Waals surface area contributed by atoms with Crippen molar-refractivity contribution in [3.63, 3.8) is 0 Å². The molecule has 0 saturated heterocycles. The molecule has 12 aromatic rings. The number of hydrogen-bond acceptors (Lipinski definition) is 4. The van der Waals surface area contributed by atoms with E-state index in [-0.39, 0.29) is 0 Å². The van der Waals surface area contributed by atoms with Gasteiger partial charge in [0.15, 0.2) is 3.77 Å². The van der Waals surface area contributed by atoms with E-state index in [0.29, 0.717) is 5.46 Å². The molecule has 0 spiro atoms. The molecule has 336 valence electrons. The Labute approximate surface area is 446 Å². The number of benzene rings is 10. The average molecular weight is 1270 g/mol. The van der Waals surface area contributed by atoms with E-state index in [1.54, 1.807) is 24.3 Å². The summed E-state index contributed by atoms with van der Waals surface area (Å²) in [6, 6.07) is 68.9. The van der Waals surface area contributed by atoms with E-state index in [0.717, 1.165) is 107 Å². The molecule has 0 atom stereocenters. The highest BCUT2D eigenvalue weighted by atomic mass is 127. The molecule has 4 nitrogen and oxygen atoms in total. The van der Waals surface area contributed by atoms with Gasteiger partial charge in [0.1, 0.15) is 16.9 Å². The van der Waals surface area contributed by atoms with Gasteiger partial charge in [-0.05, 0) is 83.0 Å². The predicted octanol–water partition coefficient (Wildman–Crippen LogP) is 17.9. The minimum Gasteiger partial charge on any atom is -0.455 e. The number of fused-ring (bicyclic) bond motifs is 12. The third-order valence-electron chi connectivity index (χ3n) is 11.5. The van der Waals surface area contributed by atoms with Crippen LogP contribution in [0.5, 0.6) is 0 Å². The van der Waals surface area contributed by atoms with Gasteiger partial charge in [-0.2, -0.15) is 0 Å². The van der Waals surface area contributed by atoms with E-state index in [4.69, 9.17) is 42.1 Å². The van der Waals surface area contributed by atoms with Gasteiger partial charge in [-0.1, -0.05) is 250 Å². The lowest BCUT2D eigenvalue weighted by Gasteiger charge is -2.08. The lowest BCUT2D eigenvalue weighted by atomic mass is 9.81. The summed E-state index contributed by atoms with van der Waals surface area (Å²) in [5, 5.41) is 30.1. The number of rotatable bonds is 4. The highest BCUT2D eigenvalue weighted by Gasteiger charge is 2.23. The first kappa shape index (κ1) is 49.5. The molecule has 0 bridgehead atoms. The number of halogens is 5. The van der Waals surface area contributed by atoms with Crippen LogP contribution in [0, 0.1) is 3.77 Å². The molecule has 0 fully saturated rings. The zero-order chi connectivity index (χ0) is 47.7. The van der Waals surface area contributed by atoms with Gasteiger partial charge in [0.2, 0.25) is 0 Å². The molecule has 2 N–H and O–H groups in total. The van der Waals surface area contributed by atoms with Crippen LogP contribution in [0.4, 0.5) is 0 Å². The molecule has 0 aliphatic heterocycles. The predicted molar refractivity (Wildman–Crippen MR) is 318 cm³/mol. The largest absolute Gasteiger partial charge is 0.488 e. The van der Waals surface area contributed by atoms with Crippen molar-refractivity contribution < 1.29 is 18.9 Å². The Morgan fingerprint density at radius 1 is 0.382 bits per heavy atom. The SMILES string of the molecule is CI.CI.Clc1ccc2c(c1)c1ccccc1c1oc(-c3ccccc3)c(-c3ccccc3)c21.Clc1ccc2c(c1)c1ccccc1c1oc(I)c(-c3ccccc3)c21.OB(O)c1ccccc1. The van der Waals surface area contributed by atoms with Crippen LogP contribution >= 0.6 is 91.0 Å². The van der Waals surface area contributed by atoms with Crippen molar-refractivity contribution in [2.75, 3.05) is 9.86 Å². The minimum absolute atomic E-state index is 0.525. The molecular weight excluding hydrogens is 1220 g/mol. The summed E-state index contributed by atoms with van der Waals surface area (Å²) in [5.74, 6) is 0.893. The van der Waals surface area contributed by atoms with E-state index in [9.17, 15) is 0 Å². The average Bonchev–Trinajstić information content (AvgIpc) is 3.98. The lowest BCUT2D eigenvalue weighted by molar-refractivity contribution is 0.426. The molecule has 10 heteroatoms. The van der Waals surface area contributed by atoms with E-state index in [1.807, 2.05) is 64.5 Å². The van der Waals surface area contributed by atoms with Crippen molar-refractivity contribution in [1.29, 1.82) is 0 Å². The Kier molecular flexibility index (Phi) is 16.8. The molecule has 0 aliphatic carbocycles. The topological polar surface area (TPSA) is 66.7 Å².